The molecule has 0 atom stereocenters. The van der Waals surface area contributed by atoms with Gasteiger partial charge in [0.15, 0.2) is 0 Å². The maximum Gasteiger partial charge on any atom is 0.498 e. The van der Waals surface area contributed by atoms with E-state index in [1.807, 2.05) is 45.9 Å². The molecule has 0 aliphatic carbocycles. The van der Waals surface area contributed by atoms with Gasteiger partial charge >= 0.3 is 7.12 Å². The third-order valence-electron chi connectivity index (χ3n) is 4.60. The molecule has 1 aromatic carbocycles. The molecule has 0 spiro atoms. The summed E-state index contributed by atoms with van der Waals surface area (Å²) in [6.45, 7) is 8.11. The zero-order valence-corrected chi connectivity index (χ0v) is 14.2. The summed E-state index contributed by atoms with van der Waals surface area (Å²) in [5.41, 5.74) is 6.61. The van der Waals surface area contributed by atoms with Crippen molar-refractivity contribution < 1.29 is 14.0 Å². The average molecular weight is 315 g/mol. The third-order valence-corrected chi connectivity index (χ3v) is 4.60. The molecular weight excluding hydrogens is 293 g/mol. The van der Waals surface area contributed by atoms with Crippen LogP contribution in [-0.2, 0) is 9.31 Å². The molecule has 7 heteroatoms. The molecule has 1 aromatic heterocycles. The Bertz CT molecular complexity index is 711. The zero-order chi connectivity index (χ0) is 16.8. The maximum absolute atomic E-state index is 6.10. The number of benzene rings is 1. The molecule has 122 valence electrons. The quantitative estimate of drug-likeness (QED) is 0.874. The summed E-state index contributed by atoms with van der Waals surface area (Å²) < 4.78 is 19.4. The summed E-state index contributed by atoms with van der Waals surface area (Å²) in [4.78, 5) is 0. The number of ether oxygens (including phenoxy) is 1. The maximum atomic E-state index is 6.10. The molecule has 1 aliphatic heterocycles. The number of nitrogens with two attached hydrogens (primary N) is 1. The molecule has 2 heterocycles. The molecular formula is C16H22BN3O3. The van der Waals surface area contributed by atoms with E-state index in [1.54, 1.807) is 24.1 Å². The van der Waals surface area contributed by atoms with Gasteiger partial charge in [-0.3, -0.25) is 0 Å². The topological polar surface area (TPSA) is 71.5 Å². The van der Waals surface area contributed by atoms with Gasteiger partial charge < -0.3 is 19.8 Å². The van der Waals surface area contributed by atoms with Crippen molar-refractivity contribution in [3.63, 3.8) is 0 Å². The monoisotopic (exact) mass is 315 g/mol. The van der Waals surface area contributed by atoms with Crippen LogP contribution in [0.1, 0.15) is 27.7 Å². The van der Waals surface area contributed by atoms with Crippen LogP contribution in [0.4, 0.5) is 5.82 Å². The Morgan fingerprint density at radius 1 is 1.13 bits per heavy atom. The van der Waals surface area contributed by atoms with Crippen LogP contribution in [0, 0.1) is 0 Å². The Hall–Kier alpha value is -1.99. The van der Waals surface area contributed by atoms with Crippen molar-refractivity contribution in [2.24, 2.45) is 0 Å². The van der Waals surface area contributed by atoms with E-state index in [0.29, 0.717) is 11.6 Å². The van der Waals surface area contributed by atoms with Crippen LogP contribution in [-0.4, -0.2) is 35.2 Å². The standard InChI is InChI=1S/C16H22BN3O3/c1-15(2)16(3,4)23-17(22-15)12-7-6-11(10-13(12)21-5)20-9-8-14(18)19-20/h6-10H,1-5H3,(H2,18,19). The first kappa shape index (κ1) is 15.9. The molecule has 1 saturated heterocycles. The Balaban J connectivity index is 1.95. The predicted molar refractivity (Wildman–Crippen MR) is 90.2 cm³/mol. The van der Waals surface area contributed by atoms with E-state index in [1.165, 1.54) is 0 Å². The van der Waals surface area contributed by atoms with Crippen molar-refractivity contribution in [2.75, 3.05) is 12.8 Å². The minimum Gasteiger partial charge on any atom is -0.497 e. The van der Waals surface area contributed by atoms with E-state index < -0.39 is 18.3 Å². The highest BCUT2D eigenvalue weighted by atomic mass is 16.7. The van der Waals surface area contributed by atoms with Crippen molar-refractivity contribution in [3.8, 4) is 11.4 Å². The summed E-state index contributed by atoms with van der Waals surface area (Å²) in [6, 6.07) is 7.52. The van der Waals surface area contributed by atoms with E-state index in [9.17, 15) is 0 Å². The Morgan fingerprint density at radius 2 is 1.78 bits per heavy atom. The second-order valence-electron chi connectivity index (χ2n) is 6.70. The second kappa shape index (κ2) is 5.28. The zero-order valence-electron chi connectivity index (χ0n) is 14.2. The highest BCUT2D eigenvalue weighted by molar-refractivity contribution is 6.63. The van der Waals surface area contributed by atoms with E-state index >= 15 is 0 Å². The molecule has 0 amide bonds. The van der Waals surface area contributed by atoms with Gasteiger partial charge in [-0.25, -0.2) is 4.68 Å². The molecule has 1 fully saturated rings. The third kappa shape index (κ3) is 2.70. The Morgan fingerprint density at radius 3 is 2.30 bits per heavy atom. The highest BCUT2D eigenvalue weighted by Crippen LogP contribution is 2.37. The number of methoxy groups -OCH3 is 1. The van der Waals surface area contributed by atoms with Crippen LogP contribution in [0.3, 0.4) is 0 Å². The van der Waals surface area contributed by atoms with E-state index in [2.05, 4.69) is 5.10 Å². The summed E-state index contributed by atoms with van der Waals surface area (Å²) in [7, 11) is 1.16. The SMILES string of the molecule is COc1cc(-n2ccc(N)n2)ccc1B1OC(C)(C)C(C)(C)O1. The van der Waals surface area contributed by atoms with Crippen LogP contribution in [0.25, 0.3) is 5.69 Å². The molecule has 3 rings (SSSR count). The van der Waals surface area contributed by atoms with Gasteiger partial charge in [0.05, 0.1) is 24.0 Å². The number of rotatable bonds is 3. The lowest BCUT2D eigenvalue weighted by Gasteiger charge is -2.32. The summed E-state index contributed by atoms with van der Waals surface area (Å²) in [6.07, 6.45) is 1.80. The van der Waals surface area contributed by atoms with Gasteiger partial charge in [-0.05, 0) is 33.8 Å². The van der Waals surface area contributed by atoms with Crippen LogP contribution < -0.4 is 15.9 Å². The molecule has 2 aromatic rings. The molecule has 0 saturated carbocycles. The lowest BCUT2D eigenvalue weighted by Crippen LogP contribution is -2.41. The fourth-order valence-electron chi connectivity index (χ4n) is 2.49. The molecule has 6 nitrogen and oxygen atoms in total. The molecule has 1 aliphatic rings. The van der Waals surface area contributed by atoms with Crippen molar-refractivity contribution in [1.82, 2.24) is 9.78 Å². The summed E-state index contributed by atoms with van der Waals surface area (Å²) >= 11 is 0. The summed E-state index contributed by atoms with van der Waals surface area (Å²) in [5, 5.41) is 4.21. The first-order chi connectivity index (χ1) is 10.7. The number of anilines is 1. The predicted octanol–water partition coefficient (Wildman–Crippen LogP) is 1.76. The van der Waals surface area contributed by atoms with Gasteiger partial charge in [0, 0.05) is 23.8 Å². The van der Waals surface area contributed by atoms with Crippen LogP contribution in [0.5, 0.6) is 5.75 Å². The molecule has 23 heavy (non-hydrogen) atoms. The number of nitrogen functional groups attached to an aromatic ring is 1. The number of hydrogen-bond acceptors (Lipinski definition) is 5. The van der Waals surface area contributed by atoms with E-state index in [-0.39, 0.29) is 0 Å². The number of hydrogen-bond donors (Lipinski definition) is 1. The average Bonchev–Trinajstić information content (AvgIpc) is 3.00. The largest absolute Gasteiger partial charge is 0.498 e. The van der Waals surface area contributed by atoms with Gasteiger partial charge in [0.2, 0.25) is 0 Å². The molecule has 2 N–H and O–H groups in total. The first-order valence-electron chi connectivity index (χ1n) is 7.58. The summed E-state index contributed by atoms with van der Waals surface area (Å²) in [5.74, 6) is 1.16. The lowest BCUT2D eigenvalue weighted by atomic mass is 9.78. The Labute approximate surface area is 136 Å². The van der Waals surface area contributed by atoms with Gasteiger partial charge in [-0.2, -0.15) is 5.10 Å². The van der Waals surface area contributed by atoms with Crippen molar-refractivity contribution in [3.05, 3.63) is 30.5 Å². The minimum absolute atomic E-state index is 0.391. The van der Waals surface area contributed by atoms with Gasteiger partial charge in [0.25, 0.3) is 0 Å². The van der Waals surface area contributed by atoms with Gasteiger partial charge in [-0.1, -0.05) is 6.07 Å². The van der Waals surface area contributed by atoms with Gasteiger partial charge in [0.1, 0.15) is 11.6 Å². The Kier molecular flexibility index (Phi) is 3.65. The fourth-order valence-corrected chi connectivity index (χ4v) is 2.49. The lowest BCUT2D eigenvalue weighted by molar-refractivity contribution is 0.00578. The number of aromatic nitrogens is 2. The van der Waals surface area contributed by atoms with Crippen molar-refractivity contribution in [1.29, 1.82) is 0 Å². The highest BCUT2D eigenvalue weighted by Gasteiger charge is 2.52. The van der Waals surface area contributed by atoms with Gasteiger partial charge in [-0.15, -0.1) is 0 Å². The normalized spacial score (nSPS) is 19.1. The molecule has 0 radical (unpaired) electrons. The molecule has 0 bridgehead atoms. The van der Waals surface area contributed by atoms with Crippen molar-refractivity contribution >= 4 is 18.4 Å². The molecule has 0 unspecified atom stereocenters. The fraction of sp³-hybridized carbons (Fsp3) is 0.438. The van der Waals surface area contributed by atoms with Crippen LogP contribution >= 0.6 is 0 Å². The van der Waals surface area contributed by atoms with Crippen molar-refractivity contribution in [2.45, 2.75) is 38.9 Å². The van der Waals surface area contributed by atoms with E-state index in [4.69, 9.17) is 19.8 Å². The van der Waals surface area contributed by atoms with E-state index in [0.717, 1.165) is 11.2 Å². The second-order valence-corrected chi connectivity index (χ2v) is 6.70. The number of nitrogens with zero attached hydrogens (tertiary/aromatic N) is 2. The minimum atomic E-state index is -0.466. The van der Waals surface area contributed by atoms with Crippen LogP contribution in [0.2, 0.25) is 0 Å². The smallest absolute Gasteiger partial charge is 0.497 e. The van der Waals surface area contributed by atoms with Crippen LogP contribution in [0.15, 0.2) is 30.5 Å². The first-order valence-corrected chi connectivity index (χ1v) is 7.58.